The Balaban J connectivity index is 1.96. The fourth-order valence-corrected chi connectivity index (χ4v) is 7.52. The number of benzene rings is 1. The number of ether oxygens (including phenoxy) is 2. The Kier molecular flexibility index (Phi) is 9.95. The van der Waals surface area contributed by atoms with Gasteiger partial charge in [-0.15, -0.1) is 4.67 Å². The van der Waals surface area contributed by atoms with E-state index in [-0.39, 0.29) is 31.3 Å². The van der Waals surface area contributed by atoms with Gasteiger partial charge in [0.05, 0.1) is 18.1 Å². The van der Waals surface area contributed by atoms with E-state index in [2.05, 4.69) is 4.98 Å². The first-order valence-electron chi connectivity index (χ1n) is 12.3. The molecule has 13 heteroatoms. The summed E-state index contributed by atoms with van der Waals surface area (Å²) < 4.78 is 20.4. The van der Waals surface area contributed by atoms with E-state index in [0.29, 0.717) is 5.56 Å². The predicted molar refractivity (Wildman–Crippen MR) is 139 cm³/mol. The van der Waals surface area contributed by atoms with Crippen molar-refractivity contribution in [3.63, 3.8) is 0 Å². The van der Waals surface area contributed by atoms with Crippen LogP contribution in [0.2, 0.25) is 0 Å². The second kappa shape index (κ2) is 12.8. The maximum atomic E-state index is 12.6. The largest absolute Gasteiger partial charge is 0.459 e. The molecule has 1 saturated heterocycles. The van der Waals surface area contributed by atoms with Crippen LogP contribution in [0.15, 0.2) is 52.2 Å². The number of aromatic amines is 1. The van der Waals surface area contributed by atoms with Crippen molar-refractivity contribution < 1.29 is 28.8 Å². The molecule has 1 aliphatic heterocycles. The minimum absolute atomic E-state index is 0.000356. The van der Waals surface area contributed by atoms with Gasteiger partial charge in [-0.05, 0) is 39.8 Å². The van der Waals surface area contributed by atoms with Crippen LogP contribution in [0.1, 0.15) is 50.7 Å². The van der Waals surface area contributed by atoms with E-state index in [0.717, 1.165) is 10.6 Å². The van der Waals surface area contributed by atoms with Crippen LogP contribution in [-0.4, -0.2) is 73.4 Å². The summed E-state index contributed by atoms with van der Waals surface area (Å²) in [4.78, 5) is 50.5. The smallest absolute Gasteiger partial charge is 0.347 e. The maximum Gasteiger partial charge on any atom is 0.347 e. The predicted octanol–water partition coefficient (Wildman–Crippen LogP) is 1.82. The van der Waals surface area contributed by atoms with Gasteiger partial charge in [-0.25, -0.2) is 14.5 Å². The van der Waals surface area contributed by atoms with E-state index in [1.807, 2.05) is 33.8 Å². The van der Waals surface area contributed by atoms with Gasteiger partial charge in [0.25, 0.3) is 5.56 Å². The molecule has 38 heavy (non-hydrogen) atoms. The number of hydrogen-bond donors (Lipinski definition) is 3. The summed E-state index contributed by atoms with van der Waals surface area (Å²) in [6, 6.07) is 11.1. The third-order valence-electron chi connectivity index (χ3n) is 6.05. The van der Waals surface area contributed by atoms with E-state index in [1.165, 1.54) is 6.20 Å². The lowest BCUT2D eigenvalue weighted by Crippen LogP contribution is -2.44. The monoisotopic (exact) mass is 549 g/mol. The number of carbonyl (C=O) groups is 1. The highest BCUT2D eigenvalue weighted by Gasteiger charge is 2.57. The van der Waals surface area contributed by atoms with Crippen molar-refractivity contribution in [2.45, 2.75) is 70.7 Å². The van der Waals surface area contributed by atoms with E-state index in [4.69, 9.17) is 14.0 Å². The highest BCUT2D eigenvalue weighted by molar-refractivity contribution is 7.63. The number of hydrogen-bond acceptors (Lipinski definition) is 10. The molecule has 1 aliphatic rings. The van der Waals surface area contributed by atoms with Gasteiger partial charge in [-0.2, -0.15) is 9.79 Å². The van der Waals surface area contributed by atoms with Crippen LogP contribution in [0.4, 0.5) is 0 Å². The molecule has 12 nitrogen and oxygen atoms in total. The van der Waals surface area contributed by atoms with Gasteiger partial charge in [-0.3, -0.25) is 14.3 Å². The van der Waals surface area contributed by atoms with Crippen molar-refractivity contribution in [3.05, 3.63) is 69.0 Å². The highest BCUT2D eigenvalue weighted by Crippen LogP contribution is 2.63. The van der Waals surface area contributed by atoms with Gasteiger partial charge in [0.1, 0.15) is 25.0 Å². The molecule has 2 aromatic rings. The summed E-state index contributed by atoms with van der Waals surface area (Å²) in [6.45, 7) is 7.16. The van der Waals surface area contributed by atoms with E-state index in [1.54, 1.807) is 35.0 Å². The Morgan fingerprint density at radius 1 is 1.21 bits per heavy atom. The second-order valence-corrected chi connectivity index (χ2v) is 11.9. The van der Waals surface area contributed by atoms with Crippen molar-refractivity contribution in [2.24, 2.45) is 0 Å². The van der Waals surface area contributed by atoms with Crippen molar-refractivity contribution in [2.75, 3.05) is 12.8 Å². The lowest BCUT2D eigenvalue weighted by atomic mass is 10.1. The number of aliphatic hydroxyl groups excluding tert-OH is 1. The number of nitrogens with zero attached hydrogens (tertiary/aromatic N) is 3. The third kappa shape index (κ3) is 6.74. The molecule has 206 valence electrons. The van der Waals surface area contributed by atoms with E-state index in [9.17, 15) is 29.6 Å². The number of nitriles is 1. The van der Waals surface area contributed by atoms with Crippen LogP contribution in [0, 0.1) is 11.3 Å². The Bertz CT molecular complexity index is 1240. The molecule has 5 atom stereocenters. The molecule has 0 bridgehead atoms. The molecule has 0 amide bonds. The first-order valence-corrected chi connectivity index (χ1v) is 14.1. The van der Waals surface area contributed by atoms with Crippen molar-refractivity contribution in [3.8, 4) is 6.07 Å². The zero-order chi connectivity index (χ0) is 28.0. The SMILES string of the molecule is CC(C)N(C(C)C)[P+](O)(CCC#N)O[C@H]1[C@@H](O)[C@H](n2ccc(=O)[nH]c2=O)O[C@@H]1COC(=O)c1ccccc1. The van der Waals surface area contributed by atoms with Gasteiger partial charge in [0.2, 0.25) is 0 Å². The van der Waals surface area contributed by atoms with Gasteiger partial charge >= 0.3 is 19.5 Å². The summed E-state index contributed by atoms with van der Waals surface area (Å²) in [7, 11) is -3.49. The minimum atomic E-state index is -3.49. The van der Waals surface area contributed by atoms with Crippen LogP contribution >= 0.6 is 7.87 Å². The van der Waals surface area contributed by atoms with E-state index >= 15 is 0 Å². The van der Waals surface area contributed by atoms with Crippen LogP contribution in [-0.2, 0) is 14.0 Å². The molecule has 0 saturated carbocycles. The number of carbonyl (C=O) groups excluding carboxylic acids is 1. The molecule has 0 aliphatic carbocycles. The molecule has 3 N–H and O–H groups in total. The number of esters is 1. The van der Waals surface area contributed by atoms with Crippen LogP contribution in [0.3, 0.4) is 0 Å². The van der Waals surface area contributed by atoms with Crippen molar-refractivity contribution in [1.29, 1.82) is 5.26 Å². The van der Waals surface area contributed by atoms with Crippen molar-refractivity contribution >= 4 is 13.8 Å². The van der Waals surface area contributed by atoms with Gasteiger partial charge in [0, 0.05) is 24.3 Å². The van der Waals surface area contributed by atoms with Crippen LogP contribution in [0.25, 0.3) is 0 Å². The zero-order valence-corrected chi connectivity index (χ0v) is 22.7. The molecule has 0 radical (unpaired) electrons. The molecule has 0 spiro atoms. The second-order valence-electron chi connectivity index (χ2n) is 9.47. The quantitative estimate of drug-likeness (QED) is 0.278. The first-order chi connectivity index (χ1) is 18.0. The number of H-pyrrole nitrogens is 1. The van der Waals surface area contributed by atoms with Gasteiger partial charge in [-0.1, -0.05) is 18.2 Å². The van der Waals surface area contributed by atoms with E-state index < -0.39 is 49.6 Å². The zero-order valence-electron chi connectivity index (χ0n) is 21.8. The molecule has 1 unspecified atom stereocenters. The Labute approximate surface area is 220 Å². The number of nitrogens with one attached hydrogen (secondary N) is 1. The Morgan fingerprint density at radius 3 is 2.45 bits per heavy atom. The van der Waals surface area contributed by atoms with Crippen LogP contribution in [0.5, 0.6) is 0 Å². The summed E-state index contributed by atoms with van der Waals surface area (Å²) in [6.07, 6.45) is -3.94. The molecule has 1 aromatic carbocycles. The minimum Gasteiger partial charge on any atom is -0.459 e. The number of rotatable bonds is 11. The number of aliphatic hydroxyl groups is 1. The standard InChI is InChI=1S/C25H33N4O8P/c1-16(2)29(17(3)4)38(34,14-8-12-26)37-22-19(15-35-24(32)18-9-6-5-7-10-18)36-23(21(22)31)28-13-11-20(30)27-25(28)33/h5-7,9-11,13,16-17,19,21-23,31,34H,8,14-15H2,1-4H3/p+1/t19-,21-,22-,23-,38?/m1/s1. The van der Waals surface area contributed by atoms with Gasteiger partial charge < -0.3 is 14.6 Å². The molecule has 1 aromatic heterocycles. The lowest BCUT2D eigenvalue weighted by Gasteiger charge is -2.37. The summed E-state index contributed by atoms with van der Waals surface area (Å²) in [5.74, 6) is -0.632. The summed E-state index contributed by atoms with van der Waals surface area (Å²) >= 11 is 0. The molecular formula is C25H34N4O8P+. The highest BCUT2D eigenvalue weighted by atomic mass is 31.2. The Hall–Kier alpha value is -2.91. The summed E-state index contributed by atoms with van der Waals surface area (Å²) in [5.41, 5.74) is -1.13. The van der Waals surface area contributed by atoms with Crippen molar-refractivity contribution in [1.82, 2.24) is 14.2 Å². The Morgan fingerprint density at radius 2 is 1.87 bits per heavy atom. The van der Waals surface area contributed by atoms with Crippen LogP contribution < -0.4 is 11.2 Å². The fourth-order valence-electron chi connectivity index (χ4n) is 4.59. The average molecular weight is 550 g/mol. The molecule has 3 rings (SSSR count). The molecule has 2 heterocycles. The van der Waals surface area contributed by atoms with Gasteiger partial charge in [0.15, 0.2) is 12.3 Å². The first kappa shape index (κ1) is 29.6. The lowest BCUT2D eigenvalue weighted by molar-refractivity contribution is -0.0595. The fraction of sp³-hybridized carbons (Fsp3) is 0.520. The third-order valence-corrected chi connectivity index (χ3v) is 9.08. The molecule has 1 fully saturated rings. The molecular weight excluding hydrogens is 515 g/mol. The topological polar surface area (TPSA) is 167 Å². The summed E-state index contributed by atoms with van der Waals surface area (Å²) in [5, 5.41) is 20.5. The average Bonchev–Trinajstić information content (AvgIpc) is 3.15. The maximum absolute atomic E-state index is 12.6. The number of aromatic nitrogens is 2. The normalized spacial score (nSPS) is 22.9.